The van der Waals surface area contributed by atoms with Crippen LogP contribution in [0, 0.1) is 0 Å². The summed E-state index contributed by atoms with van der Waals surface area (Å²) in [7, 11) is 3.12. The third kappa shape index (κ3) is 3.77. The number of para-hydroxylation sites is 1. The first-order chi connectivity index (χ1) is 17.0. The number of nitrogens with zero attached hydrogens (tertiary/aromatic N) is 2. The van der Waals surface area contributed by atoms with Crippen LogP contribution in [-0.4, -0.2) is 44.2 Å². The number of thioether (sulfide) groups is 1. The second kappa shape index (κ2) is 8.99. The van der Waals surface area contributed by atoms with E-state index in [-0.39, 0.29) is 30.0 Å². The molecule has 3 aromatic rings. The Morgan fingerprint density at radius 2 is 1.71 bits per heavy atom. The van der Waals surface area contributed by atoms with Crippen LogP contribution in [0.4, 0.5) is 17.1 Å². The summed E-state index contributed by atoms with van der Waals surface area (Å²) in [5.41, 5.74) is 2.44. The van der Waals surface area contributed by atoms with Gasteiger partial charge in [0, 0.05) is 23.0 Å². The van der Waals surface area contributed by atoms with Gasteiger partial charge in [-0.2, -0.15) is 0 Å². The number of fused-ring (bicyclic) bond motifs is 2. The van der Waals surface area contributed by atoms with Gasteiger partial charge in [-0.05, 0) is 42.5 Å². The van der Waals surface area contributed by atoms with Crippen LogP contribution in [0.1, 0.15) is 5.56 Å². The molecule has 1 atom stereocenters. The Morgan fingerprint density at radius 3 is 2.46 bits per heavy atom. The van der Waals surface area contributed by atoms with E-state index < -0.39 is 4.87 Å². The van der Waals surface area contributed by atoms with Gasteiger partial charge >= 0.3 is 0 Å². The third-order valence-corrected chi connectivity index (χ3v) is 7.44. The topological polar surface area (TPSA) is 88.2 Å². The summed E-state index contributed by atoms with van der Waals surface area (Å²) in [5, 5.41) is 2.82. The maximum absolute atomic E-state index is 14.0. The Hall–Kier alpha value is -3.98. The standard InChI is InChI=1S/C26H23N3O5S/c1-33-19-12-10-17(11-13-19)27-23(30)15-28-22-9-4-3-8-21(22)26(25(28)32)29(24(31)16-35-26)18-6-5-7-20(14-18)34-2/h3-14H,15-16H2,1-2H3,(H,27,30)/t26-/m0/s1. The highest BCUT2D eigenvalue weighted by Crippen LogP contribution is 2.55. The number of ether oxygens (including phenoxy) is 2. The molecule has 9 heteroatoms. The van der Waals surface area contributed by atoms with Crippen molar-refractivity contribution < 1.29 is 23.9 Å². The minimum Gasteiger partial charge on any atom is -0.497 e. The molecule has 35 heavy (non-hydrogen) atoms. The zero-order chi connectivity index (χ0) is 24.6. The van der Waals surface area contributed by atoms with Gasteiger partial charge in [0.1, 0.15) is 18.0 Å². The Morgan fingerprint density at radius 1 is 0.971 bits per heavy atom. The van der Waals surface area contributed by atoms with Crippen molar-refractivity contribution in [3.63, 3.8) is 0 Å². The number of nitrogens with one attached hydrogen (secondary N) is 1. The predicted octanol–water partition coefficient (Wildman–Crippen LogP) is 3.62. The van der Waals surface area contributed by atoms with Crippen LogP contribution in [0.2, 0.25) is 0 Å². The molecule has 1 N–H and O–H groups in total. The number of carbonyl (C=O) groups excluding carboxylic acids is 3. The normalized spacial score (nSPS) is 18.7. The van der Waals surface area contributed by atoms with Crippen LogP contribution in [0.3, 0.4) is 0 Å². The monoisotopic (exact) mass is 489 g/mol. The van der Waals surface area contributed by atoms with E-state index in [4.69, 9.17) is 9.47 Å². The fourth-order valence-electron chi connectivity index (χ4n) is 4.48. The molecule has 0 radical (unpaired) electrons. The first-order valence-corrected chi connectivity index (χ1v) is 11.9. The molecule has 3 amide bonds. The fraction of sp³-hybridized carbons (Fsp3) is 0.192. The van der Waals surface area contributed by atoms with Crippen LogP contribution < -0.4 is 24.6 Å². The van der Waals surface area contributed by atoms with Crippen LogP contribution in [-0.2, 0) is 19.3 Å². The first kappa shape index (κ1) is 22.8. The van der Waals surface area contributed by atoms with Gasteiger partial charge in [-0.3, -0.25) is 24.2 Å². The van der Waals surface area contributed by atoms with E-state index in [2.05, 4.69) is 5.32 Å². The zero-order valence-electron chi connectivity index (χ0n) is 19.2. The third-order valence-electron chi connectivity index (χ3n) is 6.05. The second-order valence-electron chi connectivity index (χ2n) is 8.05. The van der Waals surface area contributed by atoms with Crippen molar-refractivity contribution >= 4 is 46.5 Å². The van der Waals surface area contributed by atoms with Crippen molar-refractivity contribution in [2.75, 3.05) is 41.6 Å². The molecule has 8 nitrogen and oxygen atoms in total. The zero-order valence-corrected chi connectivity index (χ0v) is 20.0. The van der Waals surface area contributed by atoms with E-state index in [0.29, 0.717) is 34.1 Å². The largest absolute Gasteiger partial charge is 0.497 e. The molecule has 3 aromatic carbocycles. The van der Waals surface area contributed by atoms with Gasteiger partial charge < -0.3 is 14.8 Å². The molecule has 2 heterocycles. The minimum atomic E-state index is -1.29. The Labute approximate surface area is 206 Å². The van der Waals surface area contributed by atoms with Crippen LogP contribution in [0.15, 0.2) is 72.8 Å². The van der Waals surface area contributed by atoms with Gasteiger partial charge in [-0.1, -0.05) is 24.3 Å². The summed E-state index contributed by atoms with van der Waals surface area (Å²) >= 11 is 1.27. The van der Waals surface area contributed by atoms with E-state index in [1.54, 1.807) is 68.8 Å². The molecule has 0 aliphatic carbocycles. The van der Waals surface area contributed by atoms with Crippen molar-refractivity contribution in [3.8, 4) is 11.5 Å². The average Bonchev–Trinajstić information content (AvgIpc) is 3.35. The lowest BCUT2D eigenvalue weighted by molar-refractivity contribution is -0.124. The van der Waals surface area contributed by atoms with Crippen molar-refractivity contribution in [3.05, 3.63) is 78.4 Å². The van der Waals surface area contributed by atoms with Crippen molar-refractivity contribution in [2.24, 2.45) is 0 Å². The number of benzene rings is 3. The smallest absolute Gasteiger partial charge is 0.269 e. The number of hydrogen-bond acceptors (Lipinski definition) is 6. The summed E-state index contributed by atoms with van der Waals surface area (Å²) in [6.45, 7) is -0.190. The van der Waals surface area contributed by atoms with Crippen LogP contribution in [0.5, 0.6) is 11.5 Å². The van der Waals surface area contributed by atoms with Gasteiger partial charge in [0.15, 0.2) is 0 Å². The van der Waals surface area contributed by atoms with Crippen LogP contribution >= 0.6 is 11.8 Å². The summed E-state index contributed by atoms with van der Waals surface area (Å²) < 4.78 is 10.5. The lowest BCUT2D eigenvalue weighted by Crippen LogP contribution is -2.50. The van der Waals surface area contributed by atoms with Crippen molar-refractivity contribution in [2.45, 2.75) is 4.87 Å². The number of hydrogen-bond donors (Lipinski definition) is 1. The summed E-state index contributed by atoms with van der Waals surface area (Å²) in [4.78, 5) is 41.8. The molecule has 0 saturated carbocycles. The molecule has 2 aliphatic heterocycles. The Bertz CT molecular complexity index is 1310. The number of methoxy groups -OCH3 is 2. The first-order valence-electron chi connectivity index (χ1n) is 10.9. The molecule has 1 fully saturated rings. The molecule has 2 aliphatic rings. The minimum absolute atomic E-state index is 0.142. The Kier molecular flexibility index (Phi) is 5.86. The predicted molar refractivity (Wildman–Crippen MR) is 135 cm³/mol. The van der Waals surface area contributed by atoms with Crippen molar-refractivity contribution in [1.29, 1.82) is 0 Å². The quantitative estimate of drug-likeness (QED) is 0.569. The molecule has 0 aromatic heterocycles. The van der Waals surface area contributed by atoms with Gasteiger partial charge in [-0.15, -0.1) is 11.8 Å². The molecule has 5 rings (SSSR count). The highest BCUT2D eigenvalue weighted by Gasteiger charge is 2.61. The highest BCUT2D eigenvalue weighted by atomic mass is 32.2. The highest BCUT2D eigenvalue weighted by molar-refractivity contribution is 8.02. The Balaban J connectivity index is 1.49. The van der Waals surface area contributed by atoms with E-state index in [1.165, 1.54) is 21.6 Å². The maximum atomic E-state index is 14.0. The lowest BCUT2D eigenvalue weighted by Gasteiger charge is -2.33. The summed E-state index contributed by atoms with van der Waals surface area (Å²) in [6, 6.07) is 21.3. The molecule has 178 valence electrons. The van der Waals surface area contributed by atoms with Gasteiger partial charge in [0.25, 0.3) is 5.91 Å². The fourth-order valence-corrected chi connectivity index (χ4v) is 5.84. The van der Waals surface area contributed by atoms with E-state index in [1.807, 2.05) is 18.2 Å². The van der Waals surface area contributed by atoms with Gasteiger partial charge in [0.05, 0.1) is 25.7 Å². The average molecular weight is 490 g/mol. The van der Waals surface area contributed by atoms with Gasteiger partial charge in [0.2, 0.25) is 16.7 Å². The molecular formula is C26H23N3O5S. The summed E-state index contributed by atoms with van der Waals surface area (Å²) in [6.07, 6.45) is 0. The second-order valence-corrected chi connectivity index (χ2v) is 9.22. The SMILES string of the molecule is COc1ccc(NC(=O)CN2C(=O)[C@@]3(SCC(=O)N3c3cccc(OC)c3)c3ccccc32)cc1. The number of carbonyl (C=O) groups is 3. The number of rotatable bonds is 6. The summed E-state index contributed by atoms with van der Waals surface area (Å²) in [5.74, 6) is 0.533. The number of anilines is 3. The van der Waals surface area contributed by atoms with Crippen LogP contribution in [0.25, 0.3) is 0 Å². The molecule has 0 unspecified atom stereocenters. The van der Waals surface area contributed by atoms with E-state index in [9.17, 15) is 14.4 Å². The molecule has 1 saturated heterocycles. The van der Waals surface area contributed by atoms with E-state index >= 15 is 0 Å². The van der Waals surface area contributed by atoms with Gasteiger partial charge in [-0.25, -0.2) is 0 Å². The molecular weight excluding hydrogens is 466 g/mol. The molecule has 0 bridgehead atoms. The number of amides is 3. The lowest BCUT2D eigenvalue weighted by atomic mass is 10.0. The van der Waals surface area contributed by atoms with E-state index in [0.717, 1.165) is 0 Å². The maximum Gasteiger partial charge on any atom is 0.269 e. The molecule has 1 spiro atoms. The van der Waals surface area contributed by atoms with Crippen molar-refractivity contribution in [1.82, 2.24) is 0 Å².